The molecule has 1 rings (SSSR count). The molecule has 0 aliphatic carbocycles. The predicted octanol–water partition coefficient (Wildman–Crippen LogP) is 2.65. The highest BCUT2D eigenvalue weighted by atomic mass is 16.4. The highest BCUT2D eigenvalue weighted by Gasteiger charge is 2.17. The molecule has 0 aliphatic heterocycles. The Balaban J connectivity index is 2.70. The van der Waals surface area contributed by atoms with Gasteiger partial charge in [0.05, 0.1) is 5.69 Å². The zero-order valence-corrected chi connectivity index (χ0v) is 11.7. The topological polar surface area (TPSA) is 41.3 Å². The standard InChI is InChI=1S/C13H25N3O/c1-6-14-7-12-9-17-13(15-12)16(11(4)5)8-10(2)3/h9-11,14H,6-8H2,1-5H3. The molecule has 17 heavy (non-hydrogen) atoms. The van der Waals surface area contributed by atoms with Crippen molar-refractivity contribution in [1.82, 2.24) is 10.3 Å². The minimum Gasteiger partial charge on any atom is -0.432 e. The van der Waals surface area contributed by atoms with Gasteiger partial charge in [-0.1, -0.05) is 20.8 Å². The van der Waals surface area contributed by atoms with Gasteiger partial charge in [0.25, 0.3) is 6.01 Å². The summed E-state index contributed by atoms with van der Waals surface area (Å²) in [5.41, 5.74) is 0.969. The molecule has 1 aromatic heterocycles. The molecular weight excluding hydrogens is 214 g/mol. The van der Waals surface area contributed by atoms with Crippen molar-refractivity contribution in [1.29, 1.82) is 0 Å². The van der Waals surface area contributed by atoms with Gasteiger partial charge in [-0.3, -0.25) is 0 Å². The summed E-state index contributed by atoms with van der Waals surface area (Å²) in [6.07, 6.45) is 1.74. The number of oxazole rings is 1. The van der Waals surface area contributed by atoms with Gasteiger partial charge in [-0.15, -0.1) is 0 Å². The van der Waals surface area contributed by atoms with E-state index >= 15 is 0 Å². The van der Waals surface area contributed by atoms with Crippen molar-refractivity contribution >= 4 is 6.01 Å². The summed E-state index contributed by atoms with van der Waals surface area (Å²) in [4.78, 5) is 6.73. The molecule has 0 atom stereocenters. The highest BCUT2D eigenvalue weighted by Crippen LogP contribution is 2.18. The quantitative estimate of drug-likeness (QED) is 0.794. The van der Waals surface area contributed by atoms with Gasteiger partial charge in [0.15, 0.2) is 0 Å². The van der Waals surface area contributed by atoms with Gasteiger partial charge in [0, 0.05) is 19.1 Å². The molecule has 0 radical (unpaired) electrons. The first kappa shape index (κ1) is 14.0. The van der Waals surface area contributed by atoms with E-state index < -0.39 is 0 Å². The van der Waals surface area contributed by atoms with Crippen molar-refractivity contribution in [2.45, 2.75) is 47.2 Å². The number of hydrogen-bond acceptors (Lipinski definition) is 4. The van der Waals surface area contributed by atoms with Crippen LogP contribution in [0, 0.1) is 5.92 Å². The molecule has 0 saturated heterocycles. The van der Waals surface area contributed by atoms with E-state index in [2.05, 4.69) is 49.8 Å². The maximum Gasteiger partial charge on any atom is 0.297 e. The molecule has 1 heterocycles. The average molecular weight is 239 g/mol. The number of rotatable bonds is 7. The van der Waals surface area contributed by atoms with Crippen LogP contribution in [0.3, 0.4) is 0 Å². The second kappa shape index (κ2) is 6.64. The van der Waals surface area contributed by atoms with Gasteiger partial charge in [0.1, 0.15) is 6.26 Å². The first-order chi connectivity index (χ1) is 8.04. The Hall–Kier alpha value is -1.03. The van der Waals surface area contributed by atoms with Gasteiger partial charge >= 0.3 is 0 Å². The van der Waals surface area contributed by atoms with Crippen molar-refractivity contribution in [3.05, 3.63) is 12.0 Å². The molecule has 0 aliphatic rings. The highest BCUT2D eigenvalue weighted by molar-refractivity contribution is 5.28. The molecule has 98 valence electrons. The van der Waals surface area contributed by atoms with Crippen molar-refractivity contribution in [3.63, 3.8) is 0 Å². The van der Waals surface area contributed by atoms with Gasteiger partial charge in [-0.25, -0.2) is 0 Å². The van der Waals surface area contributed by atoms with E-state index in [1.54, 1.807) is 6.26 Å². The van der Waals surface area contributed by atoms with Gasteiger partial charge in [-0.2, -0.15) is 4.98 Å². The first-order valence-corrected chi connectivity index (χ1v) is 6.46. The lowest BCUT2D eigenvalue weighted by Gasteiger charge is -2.26. The van der Waals surface area contributed by atoms with Crippen LogP contribution in [0.25, 0.3) is 0 Å². The first-order valence-electron chi connectivity index (χ1n) is 6.46. The van der Waals surface area contributed by atoms with Gasteiger partial charge in [-0.05, 0) is 26.3 Å². The molecule has 0 amide bonds. The molecule has 1 aromatic rings. The monoisotopic (exact) mass is 239 g/mol. The molecule has 1 N–H and O–H groups in total. The van der Waals surface area contributed by atoms with Crippen LogP contribution in [0.2, 0.25) is 0 Å². The van der Waals surface area contributed by atoms with E-state index in [1.807, 2.05) is 0 Å². The Labute approximate surface area is 104 Å². The van der Waals surface area contributed by atoms with Crippen LogP contribution in [0.15, 0.2) is 10.7 Å². The van der Waals surface area contributed by atoms with Crippen LogP contribution in [0.4, 0.5) is 6.01 Å². The number of nitrogens with zero attached hydrogens (tertiary/aromatic N) is 2. The van der Waals surface area contributed by atoms with Crippen molar-refractivity contribution in [3.8, 4) is 0 Å². The normalized spacial score (nSPS) is 11.5. The lowest BCUT2D eigenvalue weighted by Crippen LogP contribution is -2.34. The summed E-state index contributed by atoms with van der Waals surface area (Å²) in [6, 6.07) is 1.14. The van der Waals surface area contributed by atoms with Crippen molar-refractivity contribution < 1.29 is 4.42 Å². The second-order valence-electron chi connectivity index (χ2n) is 5.04. The number of anilines is 1. The summed E-state index contributed by atoms with van der Waals surface area (Å²) in [5.74, 6) is 0.599. The van der Waals surface area contributed by atoms with E-state index in [-0.39, 0.29) is 0 Å². The Kier molecular flexibility index (Phi) is 5.48. The molecule has 4 heteroatoms. The zero-order chi connectivity index (χ0) is 12.8. The molecular formula is C13H25N3O. The zero-order valence-electron chi connectivity index (χ0n) is 11.7. The summed E-state index contributed by atoms with van der Waals surface area (Å²) >= 11 is 0. The molecule has 4 nitrogen and oxygen atoms in total. The fourth-order valence-electron chi connectivity index (χ4n) is 1.67. The van der Waals surface area contributed by atoms with Crippen LogP contribution in [-0.4, -0.2) is 24.1 Å². The van der Waals surface area contributed by atoms with E-state index in [1.165, 1.54) is 0 Å². The molecule has 0 spiro atoms. The molecule has 0 aromatic carbocycles. The number of aromatic nitrogens is 1. The molecule has 0 fully saturated rings. The van der Waals surface area contributed by atoms with E-state index in [4.69, 9.17) is 4.42 Å². The lowest BCUT2D eigenvalue weighted by molar-refractivity contribution is 0.482. The maximum atomic E-state index is 5.56. The van der Waals surface area contributed by atoms with E-state index in [0.717, 1.165) is 31.3 Å². The largest absolute Gasteiger partial charge is 0.432 e. The van der Waals surface area contributed by atoms with Crippen LogP contribution in [0.1, 0.15) is 40.3 Å². The van der Waals surface area contributed by atoms with Crippen LogP contribution in [-0.2, 0) is 6.54 Å². The van der Waals surface area contributed by atoms with Gasteiger partial charge in [0.2, 0.25) is 0 Å². The minimum atomic E-state index is 0.406. The second-order valence-corrected chi connectivity index (χ2v) is 5.04. The summed E-state index contributed by atoms with van der Waals surface area (Å²) in [6.45, 7) is 13.5. The average Bonchev–Trinajstić information content (AvgIpc) is 2.70. The lowest BCUT2D eigenvalue weighted by atomic mass is 10.2. The Morgan fingerprint density at radius 2 is 2.06 bits per heavy atom. The third-order valence-corrected chi connectivity index (χ3v) is 2.53. The third-order valence-electron chi connectivity index (χ3n) is 2.53. The summed E-state index contributed by atoms with van der Waals surface area (Å²) in [5, 5.41) is 3.25. The van der Waals surface area contributed by atoms with Crippen molar-refractivity contribution in [2.75, 3.05) is 18.0 Å². The maximum absolute atomic E-state index is 5.56. The fourth-order valence-corrected chi connectivity index (χ4v) is 1.67. The van der Waals surface area contributed by atoms with Crippen LogP contribution < -0.4 is 10.2 Å². The Bertz CT molecular complexity index is 320. The summed E-state index contributed by atoms with van der Waals surface area (Å²) < 4.78 is 5.56. The molecule has 0 bridgehead atoms. The third kappa shape index (κ3) is 4.38. The van der Waals surface area contributed by atoms with E-state index in [0.29, 0.717) is 12.0 Å². The Morgan fingerprint density at radius 1 is 1.35 bits per heavy atom. The summed E-state index contributed by atoms with van der Waals surface area (Å²) in [7, 11) is 0. The van der Waals surface area contributed by atoms with E-state index in [9.17, 15) is 0 Å². The van der Waals surface area contributed by atoms with Crippen LogP contribution >= 0.6 is 0 Å². The Morgan fingerprint density at radius 3 is 2.59 bits per heavy atom. The molecule has 0 unspecified atom stereocenters. The smallest absolute Gasteiger partial charge is 0.297 e. The fraction of sp³-hybridized carbons (Fsp3) is 0.769. The molecule has 0 saturated carbocycles. The number of hydrogen-bond donors (Lipinski definition) is 1. The predicted molar refractivity (Wildman–Crippen MR) is 71.2 cm³/mol. The van der Waals surface area contributed by atoms with Crippen molar-refractivity contribution in [2.24, 2.45) is 5.92 Å². The minimum absolute atomic E-state index is 0.406. The van der Waals surface area contributed by atoms with Crippen LogP contribution in [0.5, 0.6) is 0 Å². The number of nitrogens with one attached hydrogen (secondary N) is 1. The van der Waals surface area contributed by atoms with Gasteiger partial charge < -0.3 is 14.6 Å². The SMILES string of the molecule is CCNCc1coc(N(CC(C)C)C(C)C)n1.